The van der Waals surface area contributed by atoms with Crippen LogP contribution in [0.5, 0.6) is 0 Å². The van der Waals surface area contributed by atoms with Gasteiger partial charge in [-0.05, 0) is 46.5 Å². The van der Waals surface area contributed by atoms with Gasteiger partial charge in [0.2, 0.25) is 0 Å². The zero-order valence-corrected chi connectivity index (χ0v) is 14.1. The van der Waals surface area contributed by atoms with Gasteiger partial charge in [-0.2, -0.15) is 0 Å². The summed E-state index contributed by atoms with van der Waals surface area (Å²) in [7, 11) is 0. The maximum absolute atomic E-state index is 6.02. The second-order valence-corrected chi connectivity index (χ2v) is 6.24. The quantitative estimate of drug-likeness (QED) is 0.518. The van der Waals surface area contributed by atoms with Crippen LogP contribution in [0, 0.1) is 0 Å². The van der Waals surface area contributed by atoms with Crippen LogP contribution in [0.2, 0.25) is 0 Å². The summed E-state index contributed by atoms with van der Waals surface area (Å²) in [6, 6.07) is 12.3. The third-order valence-electron chi connectivity index (χ3n) is 2.71. The lowest BCUT2D eigenvalue weighted by Crippen LogP contribution is -1.91. The zero-order valence-electron chi connectivity index (χ0n) is 9.39. The highest BCUT2D eigenvalue weighted by molar-refractivity contribution is 9.10. The molecule has 4 heteroatoms. The van der Waals surface area contributed by atoms with E-state index in [1.165, 1.54) is 0 Å². The van der Waals surface area contributed by atoms with E-state index in [4.69, 9.17) is 23.2 Å². The molecule has 0 aliphatic carbocycles. The molecule has 0 amide bonds. The maximum atomic E-state index is 6.02. The first-order chi connectivity index (χ1) is 8.65. The number of halogens is 4. The molecule has 0 fully saturated rings. The number of hydrogen-bond donors (Lipinski definition) is 0. The Morgan fingerprint density at radius 1 is 0.722 bits per heavy atom. The number of alkyl halides is 2. The molecule has 2 rings (SSSR count). The van der Waals surface area contributed by atoms with Crippen LogP contribution in [-0.4, -0.2) is 0 Å². The average molecular weight is 409 g/mol. The van der Waals surface area contributed by atoms with Crippen molar-refractivity contribution in [3.05, 3.63) is 56.5 Å². The molecule has 94 valence electrons. The molecule has 0 heterocycles. The fraction of sp³-hybridized carbons (Fsp3) is 0.143. The van der Waals surface area contributed by atoms with Crippen LogP contribution < -0.4 is 0 Å². The topological polar surface area (TPSA) is 0 Å². The summed E-state index contributed by atoms with van der Waals surface area (Å²) in [5.74, 6) is 0.957. The van der Waals surface area contributed by atoms with Crippen molar-refractivity contribution in [3.8, 4) is 11.1 Å². The molecular weight excluding hydrogens is 399 g/mol. The minimum absolute atomic E-state index is 0.479. The van der Waals surface area contributed by atoms with Crippen molar-refractivity contribution in [2.75, 3.05) is 0 Å². The van der Waals surface area contributed by atoms with E-state index < -0.39 is 0 Å². The van der Waals surface area contributed by atoms with Gasteiger partial charge in [-0.25, -0.2) is 0 Å². The van der Waals surface area contributed by atoms with Crippen molar-refractivity contribution in [3.63, 3.8) is 0 Å². The van der Waals surface area contributed by atoms with E-state index >= 15 is 0 Å². The van der Waals surface area contributed by atoms with Gasteiger partial charge in [0.05, 0.1) is 0 Å². The molecule has 0 aliphatic heterocycles. The van der Waals surface area contributed by atoms with Crippen molar-refractivity contribution >= 4 is 55.1 Å². The van der Waals surface area contributed by atoms with Crippen molar-refractivity contribution in [1.29, 1.82) is 0 Å². The molecular formula is C14H10Br2Cl2. The Hall–Kier alpha value is -0.0200. The third-order valence-corrected chi connectivity index (χ3v) is 4.28. The van der Waals surface area contributed by atoms with Crippen LogP contribution in [-0.2, 0) is 11.8 Å². The molecule has 0 atom stereocenters. The molecule has 2 aromatic rings. The Morgan fingerprint density at radius 3 is 1.44 bits per heavy atom. The van der Waals surface area contributed by atoms with Gasteiger partial charge in [0.1, 0.15) is 0 Å². The Morgan fingerprint density at radius 2 is 1.11 bits per heavy atom. The highest BCUT2D eigenvalue weighted by Crippen LogP contribution is 2.32. The smallest absolute Gasteiger partial charge is 0.0480 e. The van der Waals surface area contributed by atoms with Gasteiger partial charge in [-0.15, -0.1) is 23.2 Å². The predicted molar refractivity (Wildman–Crippen MR) is 86.4 cm³/mol. The molecule has 0 nitrogen and oxygen atoms in total. The first-order valence-electron chi connectivity index (χ1n) is 5.35. The summed E-state index contributed by atoms with van der Waals surface area (Å²) in [6.07, 6.45) is 0. The molecule has 0 spiro atoms. The lowest BCUT2D eigenvalue weighted by atomic mass is 9.97. The van der Waals surface area contributed by atoms with Crippen LogP contribution in [0.4, 0.5) is 0 Å². The standard InChI is InChI=1S/C14H10Br2Cl2/c15-11-1-3-13(9(5-11)7-17)14-4-2-12(16)6-10(14)8-18/h1-6H,7-8H2. The highest BCUT2D eigenvalue weighted by Gasteiger charge is 2.09. The Balaban J connectivity index is 2.61. The molecule has 0 N–H and O–H groups in total. The summed E-state index contributed by atoms with van der Waals surface area (Å²) in [6.45, 7) is 0. The van der Waals surface area contributed by atoms with E-state index in [1.807, 2.05) is 24.3 Å². The molecule has 0 saturated carbocycles. The maximum Gasteiger partial charge on any atom is 0.0480 e. The number of benzene rings is 2. The summed E-state index contributed by atoms with van der Waals surface area (Å²) in [4.78, 5) is 0. The van der Waals surface area contributed by atoms with E-state index in [-0.39, 0.29) is 0 Å². The minimum Gasteiger partial charge on any atom is -0.122 e. The molecule has 0 bridgehead atoms. The van der Waals surface area contributed by atoms with E-state index in [0.29, 0.717) is 11.8 Å². The second-order valence-electron chi connectivity index (χ2n) is 3.87. The van der Waals surface area contributed by atoms with Crippen molar-refractivity contribution in [2.24, 2.45) is 0 Å². The number of rotatable bonds is 3. The van der Waals surface area contributed by atoms with Crippen LogP contribution in [0.3, 0.4) is 0 Å². The Kier molecular flexibility index (Phi) is 5.14. The number of hydrogen-bond acceptors (Lipinski definition) is 0. The summed E-state index contributed by atoms with van der Waals surface area (Å²) in [5.41, 5.74) is 4.46. The van der Waals surface area contributed by atoms with Crippen LogP contribution in [0.15, 0.2) is 45.3 Å². The van der Waals surface area contributed by atoms with Crippen LogP contribution >= 0.6 is 55.1 Å². The third kappa shape index (κ3) is 3.11. The zero-order chi connectivity index (χ0) is 13.1. The monoisotopic (exact) mass is 406 g/mol. The van der Waals surface area contributed by atoms with E-state index in [0.717, 1.165) is 31.2 Å². The summed E-state index contributed by atoms with van der Waals surface area (Å²) in [5, 5.41) is 0. The first-order valence-corrected chi connectivity index (χ1v) is 8.00. The van der Waals surface area contributed by atoms with Crippen LogP contribution in [0.25, 0.3) is 11.1 Å². The highest BCUT2D eigenvalue weighted by atomic mass is 79.9. The summed E-state index contributed by atoms with van der Waals surface area (Å²) >= 11 is 19.0. The minimum atomic E-state index is 0.479. The van der Waals surface area contributed by atoms with Crippen molar-refractivity contribution in [2.45, 2.75) is 11.8 Å². The van der Waals surface area contributed by atoms with Gasteiger partial charge in [-0.3, -0.25) is 0 Å². The van der Waals surface area contributed by atoms with E-state index in [9.17, 15) is 0 Å². The Labute approximate surface area is 134 Å². The first kappa shape index (κ1) is 14.4. The fourth-order valence-corrected chi connectivity index (χ4v) is 3.13. The predicted octanol–water partition coefficient (Wildman–Crippen LogP) is 6.36. The van der Waals surface area contributed by atoms with Gasteiger partial charge in [0.25, 0.3) is 0 Å². The molecule has 0 saturated heterocycles. The largest absolute Gasteiger partial charge is 0.122 e. The van der Waals surface area contributed by atoms with Gasteiger partial charge >= 0.3 is 0 Å². The Bertz CT molecular complexity index is 516. The molecule has 0 aromatic heterocycles. The van der Waals surface area contributed by atoms with E-state index in [2.05, 4.69) is 44.0 Å². The van der Waals surface area contributed by atoms with Crippen LogP contribution in [0.1, 0.15) is 11.1 Å². The average Bonchev–Trinajstić information content (AvgIpc) is 2.38. The lowest BCUT2D eigenvalue weighted by molar-refractivity contribution is 1.34. The van der Waals surface area contributed by atoms with Gasteiger partial charge in [0, 0.05) is 20.7 Å². The normalized spacial score (nSPS) is 10.7. The second kappa shape index (κ2) is 6.42. The fourth-order valence-electron chi connectivity index (χ4n) is 1.87. The molecule has 18 heavy (non-hydrogen) atoms. The summed E-state index contributed by atoms with van der Waals surface area (Å²) < 4.78 is 2.07. The molecule has 2 aromatic carbocycles. The molecule has 0 aliphatic rings. The van der Waals surface area contributed by atoms with Gasteiger partial charge in [0.15, 0.2) is 0 Å². The van der Waals surface area contributed by atoms with E-state index in [1.54, 1.807) is 0 Å². The molecule has 0 unspecified atom stereocenters. The van der Waals surface area contributed by atoms with Gasteiger partial charge in [-0.1, -0.05) is 44.0 Å². The van der Waals surface area contributed by atoms with Crippen molar-refractivity contribution < 1.29 is 0 Å². The lowest BCUT2D eigenvalue weighted by Gasteiger charge is -2.12. The SMILES string of the molecule is ClCc1cc(Br)ccc1-c1ccc(Br)cc1CCl. The van der Waals surface area contributed by atoms with Crippen molar-refractivity contribution in [1.82, 2.24) is 0 Å². The van der Waals surface area contributed by atoms with Gasteiger partial charge < -0.3 is 0 Å². The molecule has 0 radical (unpaired) electrons.